The first kappa shape index (κ1) is 15.0. The first-order chi connectivity index (χ1) is 7.61. The van der Waals surface area contributed by atoms with Gasteiger partial charge in [0.1, 0.15) is 0 Å². The number of benzene rings is 1. The van der Waals surface area contributed by atoms with E-state index in [-0.39, 0.29) is 0 Å². The van der Waals surface area contributed by atoms with Gasteiger partial charge in [0, 0.05) is 11.1 Å². The Bertz CT molecular complexity index is 466. The summed E-state index contributed by atoms with van der Waals surface area (Å²) >= 11 is 0. The second-order valence-corrected chi connectivity index (χ2v) is 3.65. The Morgan fingerprint density at radius 3 is 1.18 bits per heavy atom. The van der Waals surface area contributed by atoms with E-state index in [0.29, 0.717) is 11.1 Å². The summed E-state index contributed by atoms with van der Waals surface area (Å²) in [6, 6.07) is 5.84. The molecule has 0 aliphatic heterocycles. The first-order valence-electron chi connectivity index (χ1n) is 4.01. The summed E-state index contributed by atoms with van der Waals surface area (Å²) in [5.41, 5.74) is 10.7. The molecule has 9 heteroatoms. The number of carbonyl (C=O) groups excluding carboxylic acids is 2. The number of amides is 2. The Hall–Kier alpha value is -1.97. The second kappa shape index (κ2) is 5.94. The summed E-state index contributed by atoms with van der Waals surface area (Å²) in [4.78, 5) is 21.2. The molecule has 0 unspecified atom stereocenters. The molecule has 0 spiro atoms. The van der Waals surface area contributed by atoms with Crippen LogP contribution in [0.5, 0.6) is 0 Å². The van der Waals surface area contributed by atoms with Crippen molar-refractivity contribution in [3.05, 3.63) is 35.4 Å². The molecule has 94 valence electrons. The zero-order valence-electron chi connectivity index (χ0n) is 8.40. The maximum Gasteiger partial charge on any atom is 0.394 e. The standard InChI is InChI=1S/C8H8N2O2.H2O4S/c9-7(11)5-1-2-6(4-3-5)8(10)12;1-5(2,3)4/h1-4H,(H2,9,11)(H2,10,12);(H2,1,2,3,4). The molecule has 0 saturated carbocycles. The molecule has 2 amide bonds. The van der Waals surface area contributed by atoms with Crippen molar-refractivity contribution in [2.75, 3.05) is 0 Å². The van der Waals surface area contributed by atoms with Crippen molar-refractivity contribution in [1.82, 2.24) is 0 Å². The van der Waals surface area contributed by atoms with Crippen LogP contribution in [0.15, 0.2) is 24.3 Å². The van der Waals surface area contributed by atoms with Gasteiger partial charge in [-0.15, -0.1) is 0 Å². The summed E-state index contributed by atoms with van der Waals surface area (Å²) < 4.78 is 31.6. The molecular weight excluding hydrogens is 252 g/mol. The summed E-state index contributed by atoms with van der Waals surface area (Å²) in [5, 5.41) is 0. The third kappa shape index (κ3) is 7.90. The number of nitrogens with two attached hydrogens (primary N) is 2. The van der Waals surface area contributed by atoms with Gasteiger partial charge in [0.15, 0.2) is 0 Å². The van der Waals surface area contributed by atoms with Gasteiger partial charge < -0.3 is 11.5 Å². The number of rotatable bonds is 2. The van der Waals surface area contributed by atoms with Crippen LogP contribution in [0, 0.1) is 0 Å². The van der Waals surface area contributed by atoms with Crippen molar-refractivity contribution in [2.45, 2.75) is 0 Å². The summed E-state index contributed by atoms with van der Waals surface area (Å²) in [5.74, 6) is -1.04. The Balaban J connectivity index is 0.000000437. The fourth-order valence-corrected chi connectivity index (χ4v) is 0.799. The van der Waals surface area contributed by atoms with Crippen molar-refractivity contribution in [1.29, 1.82) is 0 Å². The lowest BCUT2D eigenvalue weighted by Crippen LogP contribution is -2.13. The number of hydrogen-bond acceptors (Lipinski definition) is 4. The van der Waals surface area contributed by atoms with Crippen molar-refractivity contribution < 1.29 is 27.1 Å². The van der Waals surface area contributed by atoms with Crippen LogP contribution in [-0.4, -0.2) is 29.3 Å². The predicted octanol–water partition coefficient (Wildman–Crippen LogP) is -0.768. The monoisotopic (exact) mass is 262 g/mol. The molecule has 0 aliphatic carbocycles. The number of primary amides is 2. The lowest BCUT2D eigenvalue weighted by molar-refractivity contribution is 0.0988. The fourth-order valence-electron chi connectivity index (χ4n) is 0.799. The zero-order chi connectivity index (χ0) is 13.6. The fraction of sp³-hybridized carbons (Fsp3) is 0. The van der Waals surface area contributed by atoms with Crippen molar-refractivity contribution in [3.63, 3.8) is 0 Å². The second-order valence-electron chi connectivity index (χ2n) is 2.75. The van der Waals surface area contributed by atoms with E-state index in [9.17, 15) is 9.59 Å². The summed E-state index contributed by atoms with van der Waals surface area (Å²) in [6.07, 6.45) is 0. The van der Waals surface area contributed by atoms with Gasteiger partial charge in [-0.2, -0.15) is 8.42 Å². The quantitative estimate of drug-likeness (QED) is 0.512. The Morgan fingerprint density at radius 1 is 0.882 bits per heavy atom. The molecule has 0 heterocycles. The first-order valence-corrected chi connectivity index (χ1v) is 5.40. The van der Waals surface area contributed by atoms with Crippen LogP contribution < -0.4 is 11.5 Å². The molecule has 1 rings (SSSR count). The summed E-state index contributed by atoms with van der Waals surface area (Å²) in [7, 11) is -4.67. The van der Waals surface area contributed by atoms with Crippen molar-refractivity contribution in [3.8, 4) is 0 Å². The van der Waals surface area contributed by atoms with Crippen LogP contribution in [0.2, 0.25) is 0 Å². The minimum Gasteiger partial charge on any atom is -0.366 e. The molecule has 0 bridgehead atoms. The van der Waals surface area contributed by atoms with Gasteiger partial charge in [-0.05, 0) is 24.3 Å². The smallest absolute Gasteiger partial charge is 0.366 e. The molecule has 0 aromatic heterocycles. The minimum atomic E-state index is -4.67. The molecule has 17 heavy (non-hydrogen) atoms. The van der Waals surface area contributed by atoms with E-state index >= 15 is 0 Å². The minimum absolute atomic E-state index is 0.361. The van der Waals surface area contributed by atoms with Crippen LogP contribution >= 0.6 is 0 Å². The molecule has 0 atom stereocenters. The third-order valence-corrected chi connectivity index (χ3v) is 1.45. The van der Waals surface area contributed by atoms with E-state index in [0.717, 1.165) is 0 Å². The molecule has 0 radical (unpaired) electrons. The van der Waals surface area contributed by atoms with Gasteiger partial charge in [0.05, 0.1) is 0 Å². The highest BCUT2D eigenvalue weighted by atomic mass is 32.3. The molecule has 0 saturated heterocycles. The van der Waals surface area contributed by atoms with Gasteiger partial charge in [-0.25, -0.2) is 0 Å². The SMILES string of the molecule is NC(=O)c1ccc(C(N)=O)cc1.O=S(=O)(O)O. The maximum absolute atomic E-state index is 10.6. The van der Waals surface area contributed by atoms with E-state index in [2.05, 4.69) is 0 Å². The normalized spacial score (nSPS) is 10.0. The van der Waals surface area contributed by atoms with Gasteiger partial charge in [-0.3, -0.25) is 18.7 Å². The van der Waals surface area contributed by atoms with Crippen LogP contribution in [0.25, 0.3) is 0 Å². The van der Waals surface area contributed by atoms with E-state index < -0.39 is 22.2 Å². The number of hydrogen-bond donors (Lipinski definition) is 4. The Labute approximate surface area is 96.8 Å². The van der Waals surface area contributed by atoms with E-state index in [1.807, 2.05) is 0 Å². The van der Waals surface area contributed by atoms with E-state index in [1.54, 1.807) is 0 Å². The summed E-state index contributed by atoms with van der Waals surface area (Å²) in [6.45, 7) is 0. The average molecular weight is 262 g/mol. The van der Waals surface area contributed by atoms with Gasteiger partial charge >= 0.3 is 10.4 Å². The van der Waals surface area contributed by atoms with Crippen LogP contribution in [-0.2, 0) is 10.4 Å². The van der Waals surface area contributed by atoms with Crippen LogP contribution in [0.3, 0.4) is 0 Å². The van der Waals surface area contributed by atoms with E-state index in [1.165, 1.54) is 24.3 Å². The lowest BCUT2D eigenvalue weighted by Gasteiger charge is -1.96. The highest BCUT2D eigenvalue weighted by Crippen LogP contribution is 2.02. The van der Waals surface area contributed by atoms with Crippen molar-refractivity contribution >= 4 is 22.2 Å². The predicted molar refractivity (Wildman–Crippen MR) is 57.7 cm³/mol. The highest BCUT2D eigenvalue weighted by Gasteiger charge is 2.02. The molecule has 1 aromatic rings. The van der Waals surface area contributed by atoms with E-state index in [4.69, 9.17) is 29.0 Å². The van der Waals surface area contributed by atoms with Gasteiger partial charge in [-0.1, -0.05) is 0 Å². The number of carbonyl (C=O) groups is 2. The Morgan fingerprint density at radius 2 is 1.06 bits per heavy atom. The Kier molecular flexibility index (Phi) is 5.25. The maximum atomic E-state index is 10.6. The van der Waals surface area contributed by atoms with Crippen LogP contribution in [0.1, 0.15) is 20.7 Å². The highest BCUT2D eigenvalue weighted by molar-refractivity contribution is 7.79. The molecule has 8 nitrogen and oxygen atoms in total. The molecule has 6 N–H and O–H groups in total. The van der Waals surface area contributed by atoms with Gasteiger partial charge in [0.25, 0.3) is 0 Å². The molecular formula is C8H10N2O6S. The largest absolute Gasteiger partial charge is 0.394 e. The lowest BCUT2D eigenvalue weighted by atomic mass is 10.1. The topological polar surface area (TPSA) is 161 Å². The van der Waals surface area contributed by atoms with Crippen LogP contribution in [0.4, 0.5) is 0 Å². The average Bonchev–Trinajstić information content (AvgIpc) is 2.15. The van der Waals surface area contributed by atoms with Gasteiger partial charge in [0.2, 0.25) is 11.8 Å². The molecule has 0 aliphatic rings. The molecule has 1 aromatic carbocycles. The molecule has 0 fully saturated rings. The third-order valence-electron chi connectivity index (χ3n) is 1.45. The zero-order valence-corrected chi connectivity index (χ0v) is 9.22. The van der Waals surface area contributed by atoms with Crippen molar-refractivity contribution in [2.24, 2.45) is 11.5 Å².